The summed E-state index contributed by atoms with van der Waals surface area (Å²) in [7, 11) is 0. The first-order valence-corrected chi connectivity index (χ1v) is 3.26. The highest BCUT2D eigenvalue weighted by Crippen LogP contribution is 2.13. The van der Waals surface area contributed by atoms with Gasteiger partial charge in [-0.1, -0.05) is 0 Å². The van der Waals surface area contributed by atoms with Gasteiger partial charge in [-0.3, -0.25) is 0 Å². The fourth-order valence-electron chi connectivity index (χ4n) is 0.201. The van der Waals surface area contributed by atoms with Gasteiger partial charge in [0.2, 0.25) is 0 Å². The SMILES string of the molecule is Brc1nnnnc1Br. The van der Waals surface area contributed by atoms with Crippen molar-refractivity contribution in [3.63, 3.8) is 0 Å². The molecule has 1 aromatic heterocycles. The molecule has 0 aliphatic rings. The van der Waals surface area contributed by atoms with Crippen LogP contribution in [0, 0.1) is 0 Å². The van der Waals surface area contributed by atoms with E-state index in [0.717, 1.165) is 0 Å². The first-order chi connectivity index (χ1) is 3.80. The average molecular weight is 240 g/mol. The number of nitrogens with zero attached hydrogens (tertiary/aromatic N) is 4. The Morgan fingerprint density at radius 2 is 1.25 bits per heavy atom. The second-order valence-electron chi connectivity index (χ2n) is 0.961. The minimum Gasteiger partial charge on any atom is -0.119 e. The Balaban J connectivity index is 3.13. The summed E-state index contributed by atoms with van der Waals surface area (Å²) in [5.74, 6) is 0. The van der Waals surface area contributed by atoms with Crippen molar-refractivity contribution in [2.75, 3.05) is 0 Å². The fourth-order valence-corrected chi connectivity index (χ4v) is 0.502. The van der Waals surface area contributed by atoms with Crippen molar-refractivity contribution >= 4 is 31.9 Å². The van der Waals surface area contributed by atoms with Crippen molar-refractivity contribution in [2.24, 2.45) is 0 Å². The molecular weight excluding hydrogens is 240 g/mol. The quantitative estimate of drug-likeness (QED) is 0.672. The van der Waals surface area contributed by atoms with Crippen LogP contribution in [0.4, 0.5) is 0 Å². The number of hydrogen-bond acceptors (Lipinski definition) is 4. The van der Waals surface area contributed by atoms with Crippen LogP contribution in [0.15, 0.2) is 9.21 Å². The molecule has 1 aromatic rings. The van der Waals surface area contributed by atoms with Crippen molar-refractivity contribution in [3.8, 4) is 0 Å². The van der Waals surface area contributed by atoms with Gasteiger partial charge in [-0.25, -0.2) is 0 Å². The smallest absolute Gasteiger partial charge is 0.119 e. The zero-order valence-electron chi connectivity index (χ0n) is 3.54. The Labute approximate surface area is 62.0 Å². The van der Waals surface area contributed by atoms with Gasteiger partial charge in [0.25, 0.3) is 0 Å². The van der Waals surface area contributed by atoms with Crippen molar-refractivity contribution in [3.05, 3.63) is 9.21 Å². The first-order valence-electron chi connectivity index (χ1n) is 1.68. The van der Waals surface area contributed by atoms with E-state index in [-0.39, 0.29) is 0 Å². The average Bonchev–Trinajstić information content (AvgIpc) is 1.77. The molecule has 0 saturated carbocycles. The number of halogens is 2. The molecule has 0 bridgehead atoms. The van der Waals surface area contributed by atoms with Crippen LogP contribution in [0.2, 0.25) is 0 Å². The third-order valence-electron chi connectivity index (χ3n) is 0.475. The lowest BCUT2D eigenvalue weighted by Crippen LogP contribution is -1.91. The second kappa shape index (κ2) is 2.45. The van der Waals surface area contributed by atoms with Gasteiger partial charge in [0, 0.05) is 0 Å². The summed E-state index contributed by atoms with van der Waals surface area (Å²) in [6.07, 6.45) is 0. The largest absolute Gasteiger partial charge is 0.165 e. The molecule has 0 fully saturated rings. The maximum Gasteiger partial charge on any atom is 0.165 e. The topological polar surface area (TPSA) is 51.6 Å². The molecule has 0 N–H and O–H groups in total. The van der Waals surface area contributed by atoms with Crippen LogP contribution >= 0.6 is 31.9 Å². The molecule has 0 aliphatic carbocycles. The molecule has 6 heteroatoms. The molecule has 4 nitrogen and oxygen atoms in total. The molecule has 1 heterocycles. The van der Waals surface area contributed by atoms with Gasteiger partial charge in [-0.05, 0) is 42.3 Å². The maximum atomic E-state index is 3.52. The van der Waals surface area contributed by atoms with E-state index in [9.17, 15) is 0 Å². The Hall–Kier alpha value is -0.100. The van der Waals surface area contributed by atoms with Crippen LogP contribution < -0.4 is 0 Å². The standard InChI is InChI=1S/C2Br2N4/c3-1-2(4)6-8-7-5-1. The van der Waals surface area contributed by atoms with E-state index >= 15 is 0 Å². The molecule has 0 unspecified atom stereocenters. The summed E-state index contributed by atoms with van der Waals surface area (Å²) in [5.41, 5.74) is 0. The van der Waals surface area contributed by atoms with Crippen LogP contribution in [-0.4, -0.2) is 20.6 Å². The van der Waals surface area contributed by atoms with Crippen LogP contribution in [0.1, 0.15) is 0 Å². The van der Waals surface area contributed by atoms with Crippen molar-refractivity contribution in [2.45, 2.75) is 0 Å². The van der Waals surface area contributed by atoms with Crippen LogP contribution in [-0.2, 0) is 0 Å². The lowest BCUT2D eigenvalue weighted by atomic mass is 10.9. The summed E-state index contributed by atoms with van der Waals surface area (Å²) in [5, 5.41) is 13.6. The molecular formula is C2Br2N4. The zero-order valence-corrected chi connectivity index (χ0v) is 6.72. The second-order valence-corrected chi connectivity index (χ2v) is 2.46. The van der Waals surface area contributed by atoms with Gasteiger partial charge in [0.15, 0.2) is 9.21 Å². The summed E-state index contributed by atoms with van der Waals surface area (Å²) >= 11 is 6.14. The molecule has 42 valence electrons. The lowest BCUT2D eigenvalue weighted by Gasteiger charge is -1.84. The zero-order chi connectivity index (χ0) is 5.98. The van der Waals surface area contributed by atoms with Gasteiger partial charge in [0.1, 0.15) is 0 Å². The van der Waals surface area contributed by atoms with Gasteiger partial charge in [0.05, 0.1) is 0 Å². The fraction of sp³-hybridized carbons (Fsp3) is 0. The normalized spacial score (nSPS) is 9.25. The van der Waals surface area contributed by atoms with E-state index in [1.54, 1.807) is 0 Å². The Bertz CT molecular complexity index is 168. The third kappa shape index (κ3) is 1.19. The number of aromatic nitrogens is 4. The highest BCUT2D eigenvalue weighted by Gasteiger charge is 1.94. The first kappa shape index (κ1) is 6.03. The highest BCUT2D eigenvalue weighted by molar-refractivity contribution is 9.13. The predicted octanol–water partition coefficient (Wildman–Crippen LogP) is 0.792. The lowest BCUT2D eigenvalue weighted by molar-refractivity contribution is 0.736. The Kier molecular flexibility index (Phi) is 1.85. The summed E-state index contributed by atoms with van der Waals surface area (Å²) < 4.78 is 1.13. The molecule has 0 radical (unpaired) electrons. The minimum atomic E-state index is 0.562. The summed E-state index contributed by atoms with van der Waals surface area (Å²) in [6.45, 7) is 0. The van der Waals surface area contributed by atoms with Gasteiger partial charge in [-0.15, -0.1) is 10.2 Å². The highest BCUT2D eigenvalue weighted by atomic mass is 79.9. The number of hydrogen-bond donors (Lipinski definition) is 0. The van der Waals surface area contributed by atoms with Crippen LogP contribution in [0.3, 0.4) is 0 Å². The van der Waals surface area contributed by atoms with Crippen LogP contribution in [0.5, 0.6) is 0 Å². The minimum absolute atomic E-state index is 0.562. The van der Waals surface area contributed by atoms with E-state index in [4.69, 9.17) is 0 Å². The van der Waals surface area contributed by atoms with Gasteiger partial charge < -0.3 is 0 Å². The molecule has 1 rings (SSSR count). The molecule has 0 spiro atoms. The van der Waals surface area contributed by atoms with E-state index in [0.29, 0.717) is 9.21 Å². The van der Waals surface area contributed by atoms with Crippen LogP contribution in [0.25, 0.3) is 0 Å². The molecule has 0 amide bonds. The van der Waals surface area contributed by atoms with Crippen molar-refractivity contribution in [1.29, 1.82) is 0 Å². The van der Waals surface area contributed by atoms with Crippen molar-refractivity contribution < 1.29 is 0 Å². The predicted molar refractivity (Wildman–Crippen MR) is 33.0 cm³/mol. The Morgan fingerprint density at radius 1 is 0.875 bits per heavy atom. The third-order valence-corrected chi connectivity index (χ3v) is 2.08. The van der Waals surface area contributed by atoms with E-state index < -0.39 is 0 Å². The molecule has 0 saturated heterocycles. The molecule has 0 atom stereocenters. The summed E-state index contributed by atoms with van der Waals surface area (Å²) in [6, 6.07) is 0. The molecule has 0 aromatic carbocycles. The Morgan fingerprint density at radius 3 is 1.50 bits per heavy atom. The van der Waals surface area contributed by atoms with Gasteiger partial charge in [-0.2, -0.15) is 0 Å². The monoisotopic (exact) mass is 238 g/mol. The van der Waals surface area contributed by atoms with E-state index in [1.165, 1.54) is 0 Å². The summed E-state index contributed by atoms with van der Waals surface area (Å²) in [4.78, 5) is 0. The molecule has 0 aliphatic heterocycles. The number of rotatable bonds is 0. The van der Waals surface area contributed by atoms with E-state index in [1.807, 2.05) is 0 Å². The van der Waals surface area contributed by atoms with E-state index in [2.05, 4.69) is 52.5 Å². The maximum absolute atomic E-state index is 3.52. The van der Waals surface area contributed by atoms with Crippen molar-refractivity contribution in [1.82, 2.24) is 20.6 Å². The van der Waals surface area contributed by atoms with Gasteiger partial charge >= 0.3 is 0 Å². The molecule has 8 heavy (non-hydrogen) atoms.